The molecule has 0 aromatic heterocycles. The van der Waals surface area contributed by atoms with Crippen LogP contribution in [0.25, 0.3) is 0 Å². The van der Waals surface area contributed by atoms with Gasteiger partial charge in [-0.25, -0.2) is 5.53 Å². The molecule has 1 saturated carbocycles. The van der Waals surface area contributed by atoms with Crippen molar-refractivity contribution in [2.45, 2.75) is 37.5 Å². The van der Waals surface area contributed by atoms with Crippen LogP contribution in [0.2, 0.25) is 0 Å². The first-order chi connectivity index (χ1) is 6.19. The number of ether oxygens (including phenoxy) is 1. The lowest BCUT2D eigenvalue weighted by Gasteiger charge is -2.27. The summed E-state index contributed by atoms with van der Waals surface area (Å²) in [6.45, 7) is 0. The molecule has 0 saturated heterocycles. The number of hydrogen-bond acceptors (Lipinski definition) is 5. The van der Waals surface area contributed by atoms with Crippen LogP contribution in [0.15, 0.2) is 5.11 Å². The van der Waals surface area contributed by atoms with Gasteiger partial charge in [0.15, 0.2) is 0 Å². The summed E-state index contributed by atoms with van der Waals surface area (Å²) in [5.74, 6) is 0. The molecule has 1 aliphatic carbocycles. The molecule has 0 amide bonds. The Hall–Kier alpha value is -1.04. The molecule has 0 aromatic carbocycles. The standard InChI is InChI=1S/C7H13N3O3/c1-13-7-4-5(10(11)12)2-3-6(7)9-8/h5-8H,2-4H2,1H3. The first-order valence-electron chi connectivity index (χ1n) is 4.22. The van der Waals surface area contributed by atoms with Crippen LogP contribution >= 0.6 is 0 Å². The molecule has 0 aromatic rings. The molecule has 13 heavy (non-hydrogen) atoms. The van der Waals surface area contributed by atoms with Gasteiger partial charge in [-0.1, -0.05) is 0 Å². The van der Waals surface area contributed by atoms with Crippen LogP contribution in [0.1, 0.15) is 19.3 Å². The highest BCUT2D eigenvalue weighted by Crippen LogP contribution is 2.25. The van der Waals surface area contributed by atoms with Gasteiger partial charge < -0.3 is 4.74 Å². The van der Waals surface area contributed by atoms with E-state index in [-0.39, 0.29) is 17.1 Å². The molecule has 0 heterocycles. The SMILES string of the molecule is COC1CC([N+](=O)[O-])CCC1N=N. The van der Waals surface area contributed by atoms with Crippen LogP contribution < -0.4 is 0 Å². The van der Waals surface area contributed by atoms with E-state index in [0.717, 1.165) is 0 Å². The smallest absolute Gasteiger partial charge is 0.215 e. The molecule has 6 nitrogen and oxygen atoms in total. The minimum atomic E-state index is -0.525. The quantitative estimate of drug-likeness (QED) is 0.409. The van der Waals surface area contributed by atoms with E-state index >= 15 is 0 Å². The zero-order chi connectivity index (χ0) is 9.84. The maximum atomic E-state index is 10.5. The van der Waals surface area contributed by atoms with Crippen LogP contribution in [0, 0.1) is 15.6 Å². The molecule has 3 unspecified atom stereocenters. The van der Waals surface area contributed by atoms with E-state index < -0.39 is 6.04 Å². The van der Waals surface area contributed by atoms with Gasteiger partial charge in [0, 0.05) is 24.9 Å². The van der Waals surface area contributed by atoms with Crippen LogP contribution in [0.5, 0.6) is 0 Å². The number of nitrogens with one attached hydrogen (secondary N) is 1. The van der Waals surface area contributed by atoms with Gasteiger partial charge >= 0.3 is 0 Å². The lowest BCUT2D eigenvalue weighted by atomic mass is 9.89. The van der Waals surface area contributed by atoms with Gasteiger partial charge in [-0.2, -0.15) is 5.11 Å². The van der Waals surface area contributed by atoms with E-state index in [4.69, 9.17) is 10.3 Å². The molecule has 0 aliphatic heterocycles. The molecule has 1 rings (SSSR count). The summed E-state index contributed by atoms with van der Waals surface area (Å²) in [5, 5.41) is 13.9. The minimum absolute atomic E-state index is 0.193. The van der Waals surface area contributed by atoms with Crippen molar-refractivity contribution < 1.29 is 9.66 Å². The topological polar surface area (TPSA) is 88.6 Å². The van der Waals surface area contributed by atoms with Crippen LogP contribution in [0.4, 0.5) is 0 Å². The molecular weight excluding hydrogens is 174 g/mol. The highest BCUT2D eigenvalue weighted by molar-refractivity contribution is 4.84. The van der Waals surface area contributed by atoms with E-state index in [9.17, 15) is 10.1 Å². The number of nitrogens with zero attached hydrogens (tertiary/aromatic N) is 2. The van der Waals surface area contributed by atoms with Crippen LogP contribution in [-0.2, 0) is 4.74 Å². The van der Waals surface area contributed by atoms with Gasteiger partial charge in [0.05, 0.1) is 12.1 Å². The average molecular weight is 187 g/mol. The fraction of sp³-hybridized carbons (Fsp3) is 1.00. The van der Waals surface area contributed by atoms with E-state index in [1.54, 1.807) is 0 Å². The summed E-state index contributed by atoms with van der Waals surface area (Å²) in [4.78, 5) is 10.2. The maximum absolute atomic E-state index is 10.5. The summed E-state index contributed by atoms with van der Waals surface area (Å²) in [5.41, 5.74) is 6.88. The number of rotatable bonds is 3. The largest absolute Gasteiger partial charge is 0.379 e. The summed E-state index contributed by atoms with van der Waals surface area (Å²) in [7, 11) is 1.51. The van der Waals surface area contributed by atoms with Crippen molar-refractivity contribution in [1.82, 2.24) is 0 Å². The summed E-state index contributed by atoms with van der Waals surface area (Å²) >= 11 is 0. The monoisotopic (exact) mass is 187 g/mol. The number of hydrogen-bond donors (Lipinski definition) is 1. The maximum Gasteiger partial charge on any atom is 0.215 e. The number of nitro groups is 1. The highest BCUT2D eigenvalue weighted by Gasteiger charge is 2.36. The van der Waals surface area contributed by atoms with E-state index in [2.05, 4.69) is 5.11 Å². The minimum Gasteiger partial charge on any atom is -0.379 e. The lowest BCUT2D eigenvalue weighted by molar-refractivity contribution is -0.528. The van der Waals surface area contributed by atoms with Gasteiger partial charge in [-0.05, 0) is 6.42 Å². The third kappa shape index (κ3) is 2.21. The fourth-order valence-electron chi connectivity index (χ4n) is 1.68. The normalized spacial score (nSPS) is 34.1. The molecule has 1 N–H and O–H groups in total. The summed E-state index contributed by atoms with van der Waals surface area (Å²) in [6, 6.07) is -0.718. The molecule has 1 fully saturated rings. The summed E-state index contributed by atoms with van der Waals surface area (Å²) < 4.78 is 5.06. The highest BCUT2D eigenvalue weighted by atomic mass is 16.6. The van der Waals surface area contributed by atoms with Gasteiger partial charge in [-0.3, -0.25) is 10.1 Å². The van der Waals surface area contributed by atoms with Crippen molar-refractivity contribution in [3.05, 3.63) is 10.1 Å². The lowest BCUT2D eigenvalue weighted by Crippen LogP contribution is -2.39. The number of methoxy groups -OCH3 is 1. The van der Waals surface area contributed by atoms with Gasteiger partial charge in [0.1, 0.15) is 0 Å². The molecule has 6 heteroatoms. The Morgan fingerprint density at radius 1 is 1.62 bits per heavy atom. The fourth-order valence-corrected chi connectivity index (χ4v) is 1.68. The zero-order valence-electron chi connectivity index (χ0n) is 7.47. The summed E-state index contributed by atoms with van der Waals surface area (Å²) in [6.07, 6.45) is 1.19. The molecule has 3 atom stereocenters. The van der Waals surface area contributed by atoms with Gasteiger partial charge in [-0.15, -0.1) is 0 Å². The first kappa shape index (κ1) is 10.0. The molecule has 0 spiro atoms. The Morgan fingerprint density at radius 2 is 2.31 bits per heavy atom. The Morgan fingerprint density at radius 3 is 2.77 bits per heavy atom. The molecule has 74 valence electrons. The van der Waals surface area contributed by atoms with Crippen molar-refractivity contribution in [1.29, 1.82) is 5.53 Å². The second-order valence-corrected chi connectivity index (χ2v) is 3.22. The Bertz CT molecular complexity index is 209. The van der Waals surface area contributed by atoms with E-state index in [1.165, 1.54) is 7.11 Å². The van der Waals surface area contributed by atoms with Crippen LogP contribution in [0.3, 0.4) is 0 Å². The van der Waals surface area contributed by atoms with Crippen molar-refractivity contribution in [3.8, 4) is 0 Å². The Balaban J connectivity index is 2.57. The first-order valence-corrected chi connectivity index (χ1v) is 4.22. The van der Waals surface area contributed by atoms with Crippen molar-refractivity contribution in [3.63, 3.8) is 0 Å². The van der Waals surface area contributed by atoms with E-state index in [1.807, 2.05) is 0 Å². The third-order valence-corrected chi connectivity index (χ3v) is 2.50. The molecule has 1 aliphatic rings. The van der Waals surface area contributed by atoms with Crippen molar-refractivity contribution in [2.24, 2.45) is 5.11 Å². The average Bonchev–Trinajstić information content (AvgIpc) is 2.16. The van der Waals surface area contributed by atoms with Crippen molar-refractivity contribution in [2.75, 3.05) is 7.11 Å². The van der Waals surface area contributed by atoms with Gasteiger partial charge in [0.25, 0.3) is 0 Å². The zero-order valence-corrected chi connectivity index (χ0v) is 7.47. The molecule has 0 bridgehead atoms. The predicted molar refractivity (Wildman–Crippen MR) is 44.4 cm³/mol. The molecule has 0 radical (unpaired) electrons. The van der Waals surface area contributed by atoms with Crippen molar-refractivity contribution >= 4 is 0 Å². The predicted octanol–water partition coefficient (Wildman–Crippen LogP) is 1.23. The Kier molecular flexibility index (Phi) is 3.30. The Labute approximate surface area is 75.9 Å². The second kappa shape index (κ2) is 4.27. The molecular formula is C7H13N3O3. The third-order valence-electron chi connectivity index (χ3n) is 2.50. The van der Waals surface area contributed by atoms with Crippen LogP contribution in [-0.4, -0.2) is 30.2 Å². The second-order valence-electron chi connectivity index (χ2n) is 3.22. The van der Waals surface area contributed by atoms with E-state index in [0.29, 0.717) is 19.3 Å². The van der Waals surface area contributed by atoms with Gasteiger partial charge in [0.2, 0.25) is 6.04 Å².